The smallest absolute Gasteiger partial charge is 0.271 e. The first-order chi connectivity index (χ1) is 7.59. The number of imidazole rings is 1. The van der Waals surface area contributed by atoms with Crippen LogP contribution in [-0.4, -0.2) is 34.1 Å². The molecule has 88 valence electrons. The van der Waals surface area contributed by atoms with Gasteiger partial charge < -0.3 is 15.2 Å². The van der Waals surface area contributed by atoms with Crippen LogP contribution in [0, 0.1) is 0 Å². The Morgan fingerprint density at radius 3 is 2.81 bits per heavy atom. The molecule has 5 nitrogen and oxygen atoms in total. The van der Waals surface area contributed by atoms with Crippen LogP contribution < -0.4 is 10.6 Å². The van der Waals surface area contributed by atoms with E-state index in [1.807, 2.05) is 7.05 Å². The highest BCUT2D eigenvalue weighted by Crippen LogP contribution is 2.17. The number of aryl methyl sites for hydroxylation is 1. The minimum atomic E-state index is -0.0974. The summed E-state index contributed by atoms with van der Waals surface area (Å²) < 4.78 is 1.78. The first kappa shape index (κ1) is 11.1. The maximum atomic E-state index is 11.9. The third kappa shape index (κ3) is 2.41. The zero-order valence-electron chi connectivity index (χ0n) is 9.79. The molecule has 0 bridgehead atoms. The zero-order valence-corrected chi connectivity index (χ0v) is 9.79. The maximum absolute atomic E-state index is 11.9. The van der Waals surface area contributed by atoms with E-state index in [9.17, 15) is 4.79 Å². The van der Waals surface area contributed by atoms with Crippen molar-refractivity contribution in [2.75, 3.05) is 13.1 Å². The summed E-state index contributed by atoms with van der Waals surface area (Å²) in [6.45, 7) is 4.01. The van der Waals surface area contributed by atoms with E-state index in [0.717, 1.165) is 25.9 Å². The standard InChI is InChI=1S/C11H18N4O/c1-11(3-5-12-6-4-11)14-10(16)9-7-15(2)8-13-9/h7-8,12H,3-6H2,1-2H3,(H,14,16). The van der Waals surface area contributed by atoms with E-state index in [2.05, 4.69) is 22.5 Å². The first-order valence-electron chi connectivity index (χ1n) is 5.60. The third-order valence-corrected chi connectivity index (χ3v) is 3.06. The van der Waals surface area contributed by atoms with Crippen molar-refractivity contribution in [1.82, 2.24) is 20.2 Å². The molecular weight excluding hydrogens is 204 g/mol. The number of nitrogens with zero attached hydrogens (tertiary/aromatic N) is 2. The Morgan fingerprint density at radius 2 is 2.25 bits per heavy atom. The molecule has 0 atom stereocenters. The topological polar surface area (TPSA) is 59.0 Å². The molecule has 1 aliphatic rings. The number of carbonyl (C=O) groups excluding carboxylic acids is 1. The molecule has 0 saturated carbocycles. The highest BCUT2D eigenvalue weighted by Gasteiger charge is 2.29. The molecular formula is C11H18N4O. The van der Waals surface area contributed by atoms with Gasteiger partial charge in [0.15, 0.2) is 0 Å². The number of hydrogen-bond donors (Lipinski definition) is 2. The molecule has 0 aliphatic carbocycles. The number of rotatable bonds is 2. The zero-order chi connectivity index (χ0) is 11.6. The van der Waals surface area contributed by atoms with Gasteiger partial charge in [0.1, 0.15) is 5.69 Å². The summed E-state index contributed by atoms with van der Waals surface area (Å²) >= 11 is 0. The predicted molar refractivity (Wildman–Crippen MR) is 61.2 cm³/mol. The van der Waals surface area contributed by atoms with Gasteiger partial charge >= 0.3 is 0 Å². The van der Waals surface area contributed by atoms with Crippen molar-refractivity contribution in [3.05, 3.63) is 18.2 Å². The van der Waals surface area contributed by atoms with Gasteiger partial charge in [0.25, 0.3) is 5.91 Å². The summed E-state index contributed by atoms with van der Waals surface area (Å²) in [4.78, 5) is 16.0. The molecule has 1 fully saturated rings. The van der Waals surface area contributed by atoms with Gasteiger partial charge in [-0.25, -0.2) is 4.98 Å². The van der Waals surface area contributed by atoms with Crippen molar-refractivity contribution in [2.45, 2.75) is 25.3 Å². The Hall–Kier alpha value is -1.36. The van der Waals surface area contributed by atoms with Crippen LogP contribution in [0.2, 0.25) is 0 Å². The number of amides is 1. The van der Waals surface area contributed by atoms with E-state index < -0.39 is 0 Å². The maximum Gasteiger partial charge on any atom is 0.271 e. The molecule has 0 spiro atoms. The van der Waals surface area contributed by atoms with Gasteiger partial charge in [-0.2, -0.15) is 0 Å². The highest BCUT2D eigenvalue weighted by atomic mass is 16.2. The Bertz CT molecular complexity index is 379. The summed E-state index contributed by atoms with van der Waals surface area (Å²) in [5.74, 6) is -0.0787. The summed E-state index contributed by atoms with van der Waals surface area (Å²) in [6, 6.07) is 0. The molecule has 1 aliphatic heterocycles. The van der Waals surface area contributed by atoms with Gasteiger partial charge in [-0.1, -0.05) is 0 Å². The molecule has 16 heavy (non-hydrogen) atoms. The average molecular weight is 222 g/mol. The van der Waals surface area contributed by atoms with Gasteiger partial charge in [0, 0.05) is 18.8 Å². The summed E-state index contributed by atoms with van der Waals surface area (Å²) in [7, 11) is 1.86. The van der Waals surface area contributed by atoms with E-state index >= 15 is 0 Å². The highest BCUT2D eigenvalue weighted by molar-refractivity contribution is 5.92. The van der Waals surface area contributed by atoms with E-state index in [1.54, 1.807) is 17.1 Å². The van der Waals surface area contributed by atoms with Crippen LogP contribution in [0.4, 0.5) is 0 Å². The van der Waals surface area contributed by atoms with Crippen molar-refractivity contribution in [1.29, 1.82) is 0 Å². The second-order valence-electron chi connectivity index (χ2n) is 4.69. The minimum Gasteiger partial charge on any atom is -0.345 e. The predicted octanol–water partition coefficient (Wildman–Crippen LogP) is 0.292. The number of nitrogens with one attached hydrogen (secondary N) is 2. The van der Waals surface area contributed by atoms with Crippen molar-refractivity contribution < 1.29 is 4.79 Å². The van der Waals surface area contributed by atoms with Crippen molar-refractivity contribution in [3.63, 3.8) is 0 Å². The normalized spacial score (nSPS) is 19.4. The number of hydrogen-bond acceptors (Lipinski definition) is 3. The van der Waals surface area contributed by atoms with Crippen LogP contribution in [0.1, 0.15) is 30.3 Å². The summed E-state index contributed by atoms with van der Waals surface area (Å²) in [6.07, 6.45) is 5.30. The van der Waals surface area contributed by atoms with Crippen molar-refractivity contribution >= 4 is 5.91 Å². The van der Waals surface area contributed by atoms with E-state index in [1.165, 1.54) is 0 Å². The van der Waals surface area contributed by atoms with E-state index in [0.29, 0.717) is 5.69 Å². The third-order valence-electron chi connectivity index (χ3n) is 3.06. The van der Waals surface area contributed by atoms with Gasteiger partial charge in [-0.3, -0.25) is 4.79 Å². The first-order valence-corrected chi connectivity index (χ1v) is 5.60. The van der Waals surface area contributed by atoms with Crippen LogP contribution in [0.25, 0.3) is 0 Å². The Kier molecular flexibility index (Phi) is 2.96. The second-order valence-corrected chi connectivity index (χ2v) is 4.69. The van der Waals surface area contributed by atoms with Gasteiger partial charge in [-0.15, -0.1) is 0 Å². The lowest BCUT2D eigenvalue weighted by Crippen LogP contribution is -2.52. The minimum absolute atomic E-state index is 0.0787. The molecule has 2 heterocycles. The van der Waals surface area contributed by atoms with Crippen LogP contribution in [-0.2, 0) is 7.05 Å². The molecule has 0 radical (unpaired) electrons. The second kappa shape index (κ2) is 4.25. The van der Waals surface area contributed by atoms with Crippen LogP contribution in [0.15, 0.2) is 12.5 Å². The Morgan fingerprint density at radius 1 is 1.56 bits per heavy atom. The molecule has 2 N–H and O–H groups in total. The number of carbonyl (C=O) groups is 1. The fraction of sp³-hybridized carbons (Fsp3) is 0.636. The quantitative estimate of drug-likeness (QED) is 0.756. The largest absolute Gasteiger partial charge is 0.345 e. The molecule has 1 amide bonds. The van der Waals surface area contributed by atoms with Gasteiger partial charge in [0.05, 0.1) is 6.33 Å². The van der Waals surface area contributed by atoms with Crippen LogP contribution in [0.5, 0.6) is 0 Å². The SMILES string of the molecule is Cn1cnc(C(=O)NC2(C)CCNCC2)c1. The summed E-state index contributed by atoms with van der Waals surface area (Å²) in [5, 5.41) is 6.36. The lowest BCUT2D eigenvalue weighted by atomic mass is 9.90. The summed E-state index contributed by atoms with van der Waals surface area (Å²) in [5.41, 5.74) is 0.391. The Labute approximate surface area is 95.2 Å². The Balaban J connectivity index is 2.01. The average Bonchev–Trinajstić information content (AvgIpc) is 2.65. The molecule has 5 heteroatoms. The van der Waals surface area contributed by atoms with Gasteiger partial charge in [0.2, 0.25) is 0 Å². The fourth-order valence-corrected chi connectivity index (χ4v) is 1.97. The molecule has 1 aromatic rings. The molecule has 2 rings (SSSR count). The van der Waals surface area contributed by atoms with Crippen molar-refractivity contribution in [3.8, 4) is 0 Å². The van der Waals surface area contributed by atoms with Crippen molar-refractivity contribution in [2.24, 2.45) is 7.05 Å². The number of piperidine rings is 1. The van der Waals surface area contributed by atoms with E-state index in [4.69, 9.17) is 0 Å². The monoisotopic (exact) mass is 222 g/mol. The molecule has 0 unspecified atom stereocenters. The lowest BCUT2D eigenvalue weighted by molar-refractivity contribution is 0.0883. The van der Waals surface area contributed by atoms with Crippen LogP contribution in [0.3, 0.4) is 0 Å². The fourth-order valence-electron chi connectivity index (χ4n) is 1.97. The lowest BCUT2D eigenvalue weighted by Gasteiger charge is -2.34. The number of aromatic nitrogens is 2. The molecule has 0 aromatic carbocycles. The van der Waals surface area contributed by atoms with Crippen LogP contribution >= 0.6 is 0 Å². The molecule has 1 saturated heterocycles. The van der Waals surface area contributed by atoms with E-state index in [-0.39, 0.29) is 11.4 Å². The van der Waals surface area contributed by atoms with Gasteiger partial charge in [-0.05, 0) is 32.9 Å². The molecule has 1 aromatic heterocycles.